The molecule has 0 amide bonds. The molecule has 98 valence electrons. The molecule has 0 aliphatic rings. The molecule has 0 aliphatic heterocycles. The summed E-state index contributed by atoms with van der Waals surface area (Å²) in [6.07, 6.45) is 0. The fraction of sp³-hybridized carbons (Fsp3) is 0.167. The van der Waals surface area contributed by atoms with Gasteiger partial charge >= 0.3 is 0 Å². The number of carbonyl (C=O) groups excluding carboxylic acids is 2. The van der Waals surface area contributed by atoms with E-state index in [0.717, 1.165) is 0 Å². The van der Waals surface area contributed by atoms with E-state index in [-0.39, 0.29) is 209 Å². The van der Waals surface area contributed by atoms with Gasteiger partial charge in [-0.25, -0.2) is 0 Å². The number of ether oxygens (including phenoxy) is 1. The molecule has 0 unspecified atom stereocenters. The molecule has 0 aromatic heterocycles. The predicted molar refractivity (Wildman–Crippen MR) is 56.3 cm³/mol. The van der Waals surface area contributed by atoms with Crippen LogP contribution in [0.4, 0.5) is 0 Å². The van der Waals surface area contributed by atoms with Gasteiger partial charge in [-0.1, -0.05) is 5.56 Å². The average molecular weight is 738 g/mol. The van der Waals surface area contributed by atoms with Gasteiger partial charge in [-0.05, 0) is 6.92 Å². The molecule has 6 radical (unpaired) electrons. The normalized spacial score (nSPS) is 6.90. The molecule has 0 spiro atoms. The summed E-state index contributed by atoms with van der Waals surface area (Å²) in [5, 5.41) is 0. The molecular formula is C12H12O3Y6-2. The number of rotatable bonds is 3. The standard InChI is InChI=1S/C12H12O3.6Y/c1-8-5-4-6-9(2)11(8)12(14)15-7-10(3)13;;;;;;/h4-6H,1-2,7H2,3H3;;;;;;/q-2;;;;;;. The van der Waals surface area contributed by atoms with Crippen LogP contribution in [0.25, 0.3) is 0 Å². The Bertz CT molecular complexity index is 392. The minimum atomic E-state index is -0.555. The van der Waals surface area contributed by atoms with E-state index in [0.29, 0.717) is 16.7 Å². The van der Waals surface area contributed by atoms with E-state index in [9.17, 15) is 9.59 Å². The van der Waals surface area contributed by atoms with Crippen molar-refractivity contribution < 1.29 is 211 Å². The topological polar surface area (TPSA) is 43.4 Å². The van der Waals surface area contributed by atoms with Crippen LogP contribution in [-0.2, 0) is 206 Å². The minimum absolute atomic E-state index is 0. The van der Waals surface area contributed by atoms with Crippen LogP contribution in [0.2, 0.25) is 0 Å². The third kappa shape index (κ3) is 16.6. The maximum absolute atomic E-state index is 11.5. The van der Waals surface area contributed by atoms with Gasteiger partial charge in [-0.3, -0.25) is 9.59 Å². The summed E-state index contributed by atoms with van der Waals surface area (Å²) in [7, 11) is 0. The molecular weight excluding hydrogens is 726 g/mol. The fourth-order valence-electron chi connectivity index (χ4n) is 1.15. The van der Waals surface area contributed by atoms with E-state index in [1.165, 1.54) is 6.92 Å². The summed E-state index contributed by atoms with van der Waals surface area (Å²) >= 11 is 0. The summed E-state index contributed by atoms with van der Waals surface area (Å²) in [6, 6.07) is 5.14. The van der Waals surface area contributed by atoms with Gasteiger partial charge in [0.05, 0.1) is 0 Å². The van der Waals surface area contributed by atoms with Gasteiger partial charge in [-0.15, -0.1) is 0 Å². The molecule has 21 heavy (non-hydrogen) atoms. The molecule has 0 bridgehead atoms. The SMILES string of the molecule is [CH2-]c1cccc([CH2-])c1C(=O)OCC(C)=O.[Y].[Y].[Y].[Y].[Y].[Y]. The second-order valence-corrected chi connectivity index (χ2v) is 3.23. The zero-order valence-corrected chi connectivity index (χ0v) is 29.1. The van der Waals surface area contributed by atoms with Crippen LogP contribution in [0.1, 0.15) is 28.4 Å². The molecule has 0 aliphatic carbocycles. The summed E-state index contributed by atoms with van der Waals surface area (Å²) < 4.78 is 4.78. The fourth-order valence-corrected chi connectivity index (χ4v) is 1.15. The molecule has 0 fully saturated rings. The van der Waals surface area contributed by atoms with Crippen LogP contribution in [0.5, 0.6) is 0 Å². The predicted octanol–water partition coefficient (Wildman–Crippen LogP) is 1.78. The van der Waals surface area contributed by atoms with E-state index >= 15 is 0 Å². The molecule has 0 heterocycles. The van der Waals surface area contributed by atoms with Crippen LogP contribution in [0.15, 0.2) is 18.2 Å². The van der Waals surface area contributed by atoms with Gasteiger partial charge in [0.15, 0.2) is 5.78 Å². The molecule has 0 saturated heterocycles. The molecule has 3 nitrogen and oxygen atoms in total. The Morgan fingerprint density at radius 1 is 0.952 bits per heavy atom. The van der Waals surface area contributed by atoms with Crippen molar-refractivity contribution in [1.82, 2.24) is 0 Å². The molecule has 0 saturated carbocycles. The van der Waals surface area contributed by atoms with Gasteiger partial charge in [0.25, 0.3) is 5.97 Å². The maximum atomic E-state index is 11.5. The van der Waals surface area contributed by atoms with Crippen molar-refractivity contribution in [3.05, 3.63) is 48.7 Å². The number of ketones is 1. The van der Waals surface area contributed by atoms with Crippen LogP contribution >= 0.6 is 0 Å². The molecule has 1 aromatic carbocycles. The zero-order valence-electron chi connectivity index (χ0n) is 12.0. The monoisotopic (exact) mass is 738 g/mol. The number of hydrogen-bond donors (Lipinski definition) is 0. The van der Waals surface area contributed by atoms with E-state index in [1.807, 2.05) is 0 Å². The van der Waals surface area contributed by atoms with E-state index in [1.54, 1.807) is 18.2 Å². The first kappa shape index (κ1) is 40.4. The molecule has 0 N–H and O–H groups in total. The minimum Gasteiger partial charge on any atom is -0.463 e. The largest absolute Gasteiger partial charge is 0.463 e. The van der Waals surface area contributed by atoms with Gasteiger partial charge in [0, 0.05) is 196 Å². The summed E-state index contributed by atoms with van der Waals surface area (Å²) in [6.45, 7) is 8.55. The number of Topliss-reactive ketones (excluding diaryl/α,β-unsaturated/α-hetero) is 1. The first-order valence-electron chi connectivity index (χ1n) is 4.46. The number of benzene rings is 1. The van der Waals surface area contributed by atoms with Crippen molar-refractivity contribution >= 4 is 11.8 Å². The second kappa shape index (κ2) is 22.8. The summed E-state index contributed by atoms with van der Waals surface area (Å²) in [4.78, 5) is 22.2. The maximum Gasteiger partial charge on any atom is 0.280 e. The smallest absolute Gasteiger partial charge is 0.280 e. The van der Waals surface area contributed by atoms with Crippen molar-refractivity contribution in [3.63, 3.8) is 0 Å². The second-order valence-electron chi connectivity index (χ2n) is 3.23. The molecule has 1 rings (SSSR count). The quantitative estimate of drug-likeness (QED) is 0.352. The van der Waals surface area contributed by atoms with E-state index < -0.39 is 5.97 Å². The number of esters is 1. The Kier molecular flexibility index (Phi) is 43.8. The molecule has 0 atom stereocenters. The molecule has 1 aromatic rings. The van der Waals surface area contributed by atoms with Crippen LogP contribution in [-0.4, -0.2) is 18.4 Å². The van der Waals surface area contributed by atoms with Crippen molar-refractivity contribution in [2.24, 2.45) is 0 Å². The Morgan fingerprint density at radius 2 is 1.33 bits per heavy atom. The van der Waals surface area contributed by atoms with Gasteiger partial charge in [0.2, 0.25) is 0 Å². The Morgan fingerprint density at radius 3 is 1.67 bits per heavy atom. The summed E-state index contributed by atoms with van der Waals surface area (Å²) in [5.41, 5.74) is 1.44. The Hall–Kier alpha value is 4.72. The molecule has 9 heteroatoms. The number of hydrogen-bond acceptors (Lipinski definition) is 3. The number of carbonyl (C=O) groups is 2. The third-order valence-electron chi connectivity index (χ3n) is 1.85. The van der Waals surface area contributed by atoms with E-state index in [4.69, 9.17) is 4.74 Å². The van der Waals surface area contributed by atoms with Crippen molar-refractivity contribution in [1.29, 1.82) is 0 Å². The van der Waals surface area contributed by atoms with Gasteiger partial charge in [-0.2, -0.15) is 43.2 Å². The van der Waals surface area contributed by atoms with Crippen molar-refractivity contribution in [2.45, 2.75) is 6.92 Å². The van der Waals surface area contributed by atoms with Crippen LogP contribution in [0, 0.1) is 13.8 Å². The average Bonchev–Trinajstić information content (AvgIpc) is 2.14. The van der Waals surface area contributed by atoms with Crippen LogP contribution in [0.3, 0.4) is 0 Å². The van der Waals surface area contributed by atoms with Gasteiger partial charge in [0.1, 0.15) is 6.61 Å². The Balaban J connectivity index is -0.0000000937. The van der Waals surface area contributed by atoms with Crippen LogP contribution < -0.4 is 0 Å². The first-order chi connectivity index (χ1) is 7.02. The van der Waals surface area contributed by atoms with E-state index in [2.05, 4.69) is 13.8 Å². The third-order valence-corrected chi connectivity index (χ3v) is 1.85. The zero-order chi connectivity index (χ0) is 11.4. The summed E-state index contributed by atoms with van der Waals surface area (Å²) in [5.74, 6) is -0.753. The Labute approximate surface area is 277 Å². The first-order valence-corrected chi connectivity index (χ1v) is 4.46. The van der Waals surface area contributed by atoms with Gasteiger partial charge < -0.3 is 4.74 Å². The van der Waals surface area contributed by atoms with Crippen molar-refractivity contribution in [2.75, 3.05) is 6.61 Å². The van der Waals surface area contributed by atoms with Crippen molar-refractivity contribution in [3.8, 4) is 0 Å².